The highest BCUT2D eigenvalue weighted by Crippen LogP contribution is 2.78. The molecule has 4 heteroatoms. The maximum atomic E-state index is 14.0. The Kier molecular flexibility index (Phi) is 4.77. The van der Waals surface area contributed by atoms with Crippen molar-refractivity contribution in [3.05, 3.63) is 48.2 Å². The molecule has 4 nitrogen and oxygen atoms in total. The van der Waals surface area contributed by atoms with E-state index in [2.05, 4.69) is 54.5 Å². The summed E-state index contributed by atoms with van der Waals surface area (Å²) in [7, 11) is 0. The lowest BCUT2D eigenvalue weighted by molar-refractivity contribution is -0.137. The average Bonchev–Trinajstić information content (AvgIpc) is 3.09. The minimum absolute atomic E-state index is 0.0707. The Balaban J connectivity index is 1.52. The second-order valence-electron chi connectivity index (χ2n) is 10.5. The molecule has 6 rings (SSSR count). The molecule has 5 aliphatic rings. The molecule has 4 saturated carbocycles. The Morgan fingerprint density at radius 1 is 1.20 bits per heavy atom. The van der Waals surface area contributed by atoms with Crippen molar-refractivity contribution in [3.8, 4) is 0 Å². The molecule has 0 spiro atoms. The van der Waals surface area contributed by atoms with E-state index in [0.717, 1.165) is 50.8 Å². The van der Waals surface area contributed by atoms with Gasteiger partial charge >= 0.3 is 0 Å². The van der Waals surface area contributed by atoms with Crippen LogP contribution in [0.2, 0.25) is 0 Å². The number of piperidine rings is 1. The summed E-state index contributed by atoms with van der Waals surface area (Å²) < 4.78 is 6.08. The first-order valence-electron chi connectivity index (χ1n) is 11.9. The molecule has 1 amide bonds. The molecule has 5 fully saturated rings. The fraction of sp³-hybridized carbons (Fsp3) is 0.654. The van der Waals surface area contributed by atoms with E-state index in [4.69, 9.17) is 4.74 Å². The number of hydrogen-bond donors (Lipinski definition) is 2. The van der Waals surface area contributed by atoms with E-state index >= 15 is 0 Å². The Hall–Kier alpha value is -1.81. The smallest absolute Gasteiger partial charge is 0.227 e. The van der Waals surface area contributed by atoms with Crippen LogP contribution in [-0.2, 0) is 14.9 Å². The third-order valence-corrected chi connectivity index (χ3v) is 8.78. The van der Waals surface area contributed by atoms with Crippen molar-refractivity contribution in [3.63, 3.8) is 0 Å². The van der Waals surface area contributed by atoms with Crippen LogP contribution in [0.5, 0.6) is 0 Å². The summed E-state index contributed by atoms with van der Waals surface area (Å²) in [6.45, 7) is 10.2. The van der Waals surface area contributed by atoms with Crippen molar-refractivity contribution < 1.29 is 9.53 Å². The van der Waals surface area contributed by atoms with E-state index in [9.17, 15) is 4.79 Å². The fourth-order valence-electron chi connectivity index (χ4n) is 7.87. The molecular weight excluding hydrogens is 372 g/mol. The molecule has 2 N–H and O–H groups in total. The first kappa shape index (κ1) is 20.1. The van der Waals surface area contributed by atoms with Crippen LogP contribution in [0, 0.1) is 16.7 Å². The zero-order valence-electron chi connectivity index (χ0n) is 18.5. The Morgan fingerprint density at radius 2 is 1.93 bits per heavy atom. The number of benzene rings is 1. The summed E-state index contributed by atoms with van der Waals surface area (Å²) in [6.07, 6.45) is 7.18. The number of carbonyl (C=O) groups is 1. The van der Waals surface area contributed by atoms with Gasteiger partial charge in [-0.25, -0.2) is 0 Å². The Bertz CT molecular complexity index is 839. The highest BCUT2D eigenvalue weighted by molar-refractivity contribution is 5.86. The van der Waals surface area contributed by atoms with Gasteiger partial charge in [-0.3, -0.25) is 4.79 Å². The van der Waals surface area contributed by atoms with Gasteiger partial charge in [0.15, 0.2) is 0 Å². The first-order chi connectivity index (χ1) is 14.4. The summed E-state index contributed by atoms with van der Waals surface area (Å²) >= 11 is 0. The molecular formula is C26H36N2O2. The maximum absolute atomic E-state index is 14.0. The molecule has 6 atom stereocenters. The number of allylic oxidation sites excluding steroid dienone is 1. The van der Waals surface area contributed by atoms with Gasteiger partial charge in [0.05, 0.1) is 17.8 Å². The van der Waals surface area contributed by atoms with Crippen molar-refractivity contribution in [1.82, 2.24) is 10.6 Å². The standard InChI is InChI=1S/C26H36N2O2/c1-4-30-19(3)25-14-20-13-24(16-25,21-8-6-5-7-9-21)17-26(25,15-20)23(29)28-22-10-11-27-18(2)12-22/h5-9,18,20,22,27H,3-4,10-17H2,1-2H3,(H,28,29)/t18-,20?,22+,24-,25-,26?/m1/s1. The van der Waals surface area contributed by atoms with Gasteiger partial charge in [0, 0.05) is 17.5 Å². The van der Waals surface area contributed by atoms with Crippen LogP contribution >= 0.6 is 0 Å². The molecule has 1 saturated heterocycles. The number of amides is 1. The van der Waals surface area contributed by atoms with E-state index in [1.54, 1.807) is 0 Å². The van der Waals surface area contributed by atoms with Crippen LogP contribution < -0.4 is 10.6 Å². The normalized spacial score (nSPS) is 41.6. The van der Waals surface area contributed by atoms with Crippen LogP contribution in [0.25, 0.3) is 0 Å². The van der Waals surface area contributed by atoms with Crippen molar-refractivity contribution in [1.29, 1.82) is 0 Å². The SMILES string of the molecule is C=C(OCC)[C@]12CC3CC1(C(=O)N[C@H]1CCN[C@H](C)C1)C[C@@](c1ccccc1)(C3)C2. The number of hydrogen-bond acceptors (Lipinski definition) is 3. The number of carbonyl (C=O) groups excluding carboxylic acids is 1. The molecule has 0 radical (unpaired) electrons. The fourth-order valence-corrected chi connectivity index (χ4v) is 7.87. The monoisotopic (exact) mass is 408 g/mol. The first-order valence-corrected chi connectivity index (χ1v) is 11.9. The van der Waals surface area contributed by atoms with E-state index in [1.807, 2.05) is 6.92 Å². The predicted molar refractivity (Wildman–Crippen MR) is 119 cm³/mol. The van der Waals surface area contributed by atoms with Gasteiger partial charge in [-0.15, -0.1) is 0 Å². The third kappa shape index (κ3) is 2.79. The van der Waals surface area contributed by atoms with E-state index in [-0.39, 0.29) is 28.2 Å². The van der Waals surface area contributed by atoms with Crippen LogP contribution in [-0.4, -0.2) is 31.1 Å². The van der Waals surface area contributed by atoms with Crippen molar-refractivity contribution in [2.75, 3.05) is 13.2 Å². The van der Waals surface area contributed by atoms with Crippen LogP contribution in [0.3, 0.4) is 0 Å². The molecule has 4 bridgehead atoms. The van der Waals surface area contributed by atoms with Crippen LogP contribution in [0.1, 0.15) is 64.4 Å². The van der Waals surface area contributed by atoms with Gasteiger partial charge in [-0.1, -0.05) is 36.9 Å². The summed E-state index contributed by atoms with van der Waals surface area (Å²) in [6, 6.07) is 11.6. The Morgan fingerprint density at radius 3 is 2.67 bits per heavy atom. The maximum Gasteiger partial charge on any atom is 0.227 e. The largest absolute Gasteiger partial charge is 0.498 e. The summed E-state index contributed by atoms with van der Waals surface area (Å²) in [5, 5.41) is 7.01. The van der Waals surface area contributed by atoms with E-state index in [1.165, 1.54) is 12.0 Å². The summed E-state index contributed by atoms with van der Waals surface area (Å²) in [5.74, 6) is 1.70. The lowest BCUT2D eigenvalue weighted by Gasteiger charge is -2.41. The highest BCUT2D eigenvalue weighted by Gasteiger charge is 2.76. The highest BCUT2D eigenvalue weighted by atomic mass is 16.5. The minimum atomic E-state index is -0.383. The van der Waals surface area contributed by atoms with E-state index in [0.29, 0.717) is 18.6 Å². The lowest BCUT2D eigenvalue weighted by Crippen LogP contribution is -2.54. The molecule has 1 heterocycles. The average molecular weight is 409 g/mol. The molecule has 162 valence electrons. The van der Waals surface area contributed by atoms with Gasteiger partial charge in [-0.2, -0.15) is 0 Å². The minimum Gasteiger partial charge on any atom is -0.498 e. The third-order valence-electron chi connectivity index (χ3n) is 8.78. The van der Waals surface area contributed by atoms with Crippen molar-refractivity contribution >= 4 is 5.91 Å². The van der Waals surface area contributed by atoms with Crippen molar-refractivity contribution in [2.45, 2.75) is 76.3 Å². The van der Waals surface area contributed by atoms with E-state index < -0.39 is 0 Å². The second-order valence-corrected chi connectivity index (χ2v) is 10.5. The Labute approximate surface area is 180 Å². The summed E-state index contributed by atoms with van der Waals surface area (Å²) in [5.41, 5.74) is 0.853. The van der Waals surface area contributed by atoms with Crippen LogP contribution in [0.4, 0.5) is 0 Å². The summed E-state index contributed by atoms with van der Waals surface area (Å²) in [4.78, 5) is 14.0. The lowest BCUT2D eigenvalue weighted by atomic mass is 9.63. The van der Waals surface area contributed by atoms with Gasteiger partial charge in [0.1, 0.15) is 0 Å². The number of rotatable bonds is 6. The molecule has 2 unspecified atom stereocenters. The van der Waals surface area contributed by atoms with Gasteiger partial charge in [0.2, 0.25) is 5.91 Å². The number of ether oxygens (including phenoxy) is 1. The molecule has 1 aliphatic heterocycles. The quantitative estimate of drug-likeness (QED) is 0.690. The van der Waals surface area contributed by atoms with Crippen molar-refractivity contribution in [2.24, 2.45) is 16.7 Å². The molecule has 30 heavy (non-hydrogen) atoms. The predicted octanol–water partition coefficient (Wildman–Crippen LogP) is 4.31. The molecule has 1 aromatic carbocycles. The zero-order chi connectivity index (χ0) is 21.0. The van der Waals surface area contributed by atoms with Gasteiger partial charge in [0.25, 0.3) is 0 Å². The van der Waals surface area contributed by atoms with Crippen LogP contribution in [0.15, 0.2) is 42.7 Å². The van der Waals surface area contributed by atoms with Gasteiger partial charge < -0.3 is 15.4 Å². The molecule has 0 aromatic heterocycles. The second kappa shape index (κ2) is 7.12. The van der Waals surface area contributed by atoms with Gasteiger partial charge in [-0.05, 0) is 82.2 Å². The zero-order valence-corrected chi connectivity index (χ0v) is 18.5. The molecule has 4 aliphatic carbocycles. The topological polar surface area (TPSA) is 50.4 Å². The number of nitrogens with one attached hydrogen (secondary N) is 2. The molecule has 1 aromatic rings.